The molecule has 0 saturated carbocycles. The Morgan fingerprint density at radius 3 is 2.50 bits per heavy atom. The van der Waals surface area contributed by atoms with E-state index in [1.165, 1.54) is 0 Å². The van der Waals surface area contributed by atoms with Gasteiger partial charge < -0.3 is 9.30 Å². The van der Waals surface area contributed by atoms with Crippen molar-refractivity contribution in [2.24, 2.45) is 0 Å². The summed E-state index contributed by atoms with van der Waals surface area (Å²) in [7, 11) is 0. The van der Waals surface area contributed by atoms with E-state index in [9.17, 15) is 9.59 Å². The first-order chi connectivity index (χ1) is 7.54. The van der Waals surface area contributed by atoms with Gasteiger partial charge in [-0.2, -0.15) is 5.26 Å². The van der Waals surface area contributed by atoms with Crippen molar-refractivity contribution < 1.29 is 9.53 Å². The lowest BCUT2D eigenvalue weighted by molar-refractivity contribution is -0.142. The Morgan fingerprint density at radius 1 is 1.44 bits per heavy atom. The third-order valence-corrected chi connectivity index (χ3v) is 3.14. The van der Waals surface area contributed by atoms with Gasteiger partial charge in [0.25, 0.3) is 0 Å². The summed E-state index contributed by atoms with van der Waals surface area (Å²) in [4.78, 5) is 22.6. The van der Waals surface area contributed by atoms with Gasteiger partial charge in [-0.25, -0.2) is 0 Å². The molecular weight excluding hydrogens is 438 g/mol. The maximum atomic E-state index is 11.4. The second-order valence-electron chi connectivity index (χ2n) is 2.77. The SMILES string of the molecule is N#CCOC(=O)Cn1cc(I)c(=O)c(I)c1. The highest BCUT2D eigenvalue weighted by Gasteiger charge is 2.07. The Morgan fingerprint density at radius 2 is 2.00 bits per heavy atom. The molecule has 0 spiro atoms. The van der Waals surface area contributed by atoms with Gasteiger partial charge in [-0.05, 0) is 45.2 Å². The van der Waals surface area contributed by atoms with Gasteiger partial charge >= 0.3 is 5.97 Å². The van der Waals surface area contributed by atoms with Crippen LogP contribution in [0.1, 0.15) is 0 Å². The molecule has 1 heterocycles. The molecule has 0 saturated heterocycles. The predicted molar refractivity (Wildman–Crippen MR) is 72.7 cm³/mol. The Labute approximate surface area is 119 Å². The number of halogens is 2. The number of pyridine rings is 1. The third-order valence-electron chi connectivity index (χ3n) is 1.60. The molecule has 0 bridgehead atoms. The van der Waals surface area contributed by atoms with Crippen LogP contribution in [0.3, 0.4) is 0 Å². The monoisotopic (exact) mass is 444 g/mol. The fraction of sp³-hybridized carbons (Fsp3) is 0.222. The topological polar surface area (TPSA) is 72.1 Å². The summed E-state index contributed by atoms with van der Waals surface area (Å²) in [5.74, 6) is -0.503. The molecule has 0 atom stereocenters. The molecule has 0 radical (unpaired) electrons. The van der Waals surface area contributed by atoms with Gasteiger partial charge in [-0.3, -0.25) is 9.59 Å². The second-order valence-corrected chi connectivity index (χ2v) is 5.10. The summed E-state index contributed by atoms with van der Waals surface area (Å²) in [6.45, 7) is -0.263. The fourth-order valence-corrected chi connectivity index (χ4v) is 2.77. The molecule has 0 aromatic carbocycles. The lowest BCUT2D eigenvalue weighted by Gasteiger charge is -2.06. The number of hydrogen-bond acceptors (Lipinski definition) is 4. The maximum absolute atomic E-state index is 11.4. The van der Waals surface area contributed by atoms with Crippen molar-refractivity contribution in [3.05, 3.63) is 29.8 Å². The number of nitrogens with zero attached hydrogens (tertiary/aromatic N) is 2. The van der Waals surface area contributed by atoms with Crippen LogP contribution in [0.4, 0.5) is 0 Å². The third kappa shape index (κ3) is 3.75. The van der Waals surface area contributed by atoms with Crippen LogP contribution >= 0.6 is 45.2 Å². The van der Waals surface area contributed by atoms with E-state index in [1.807, 2.05) is 45.2 Å². The van der Waals surface area contributed by atoms with Crippen LogP contribution in [0.2, 0.25) is 0 Å². The van der Waals surface area contributed by atoms with Crippen molar-refractivity contribution in [3.63, 3.8) is 0 Å². The van der Waals surface area contributed by atoms with E-state index < -0.39 is 5.97 Å². The number of nitriles is 1. The van der Waals surface area contributed by atoms with Crippen LogP contribution in [0.5, 0.6) is 0 Å². The number of ether oxygens (including phenoxy) is 1. The van der Waals surface area contributed by atoms with E-state index >= 15 is 0 Å². The van der Waals surface area contributed by atoms with Gasteiger partial charge in [-0.1, -0.05) is 0 Å². The number of carbonyl (C=O) groups is 1. The van der Waals surface area contributed by atoms with Crippen LogP contribution in [0.15, 0.2) is 17.2 Å². The van der Waals surface area contributed by atoms with E-state index in [0.29, 0.717) is 7.14 Å². The molecule has 16 heavy (non-hydrogen) atoms. The number of aromatic nitrogens is 1. The van der Waals surface area contributed by atoms with E-state index in [2.05, 4.69) is 4.74 Å². The Hall–Kier alpha value is -0.630. The first kappa shape index (κ1) is 13.4. The summed E-state index contributed by atoms with van der Waals surface area (Å²) in [5.41, 5.74) is -0.0529. The minimum absolute atomic E-state index is 0.00599. The average molecular weight is 444 g/mol. The summed E-state index contributed by atoms with van der Waals surface area (Å²) >= 11 is 3.82. The minimum atomic E-state index is -0.503. The molecule has 0 aliphatic rings. The van der Waals surface area contributed by atoms with E-state index in [0.717, 1.165) is 0 Å². The highest BCUT2D eigenvalue weighted by atomic mass is 127. The van der Waals surface area contributed by atoms with Gasteiger partial charge in [0.1, 0.15) is 12.6 Å². The zero-order valence-electron chi connectivity index (χ0n) is 7.94. The molecule has 1 aromatic heterocycles. The number of hydrogen-bond donors (Lipinski definition) is 0. The number of esters is 1. The lowest BCUT2D eigenvalue weighted by Crippen LogP contribution is -2.18. The zero-order valence-corrected chi connectivity index (χ0v) is 12.3. The lowest BCUT2D eigenvalue weighted by atomic mass is 10.4. The molecule has 84 valence electrons. The molecule has 7 heteroatoms. The molecule has 0 aliphatic heterocycles. The second kappa shape index (κ2) is 6.19. The molecule has 0 N–H and O–H groups in total. The van der Waals surface area contributed by atoms with E-state index in [-0.39, 0.29) is 18.6 Å². The average Bonchev–Trinajstić information content (AvgIpc) is 2.23. The molecular formula is C9H6I2N2O3. The normalized spacial score (nSPS) is 9.56. The van der Waals surface area contributed by atoms with E-state index in [1.54, 1.807) is 23.0 Å². The van der Waals surface area contributed by atoms with Gasteiger partial charge in [0, 0.05) is 12.4 Å². The number of carbonyl (C=O) groups excluding carboxylic acids is 1. The number of rotatable bonds is 3. The van der Waals surface area contributed by atoms with Gasteiger partial charge in [0.2, 0.25) is 5.43 Å². The summed E-state index contributed by atoms with van der Waals surface area (Å²) in [5, 5.41) is 8.23. The molecule has 0 amide bonds. The smallest absolute Gasteiger partial charge is 0.326 e. The maximum Gasteiger partial charge on any atom is 0.326 e. The van der Waals surface area contributed by atoms with Crippen molar-refractivity contribution in [1.82, 2.24) is 4.57 Å². The molecule has 1 aromatic rings. The highest BCUT2D eigenvalue weighted by Crippen LogP contribution is 2.04. The Balaban J connectivity index is 2.80. The van der Waals surface area contributed by atoms with Crippen molar-refractivity contribution in [1.29, 1.82) is 5.26 Å². The standard InChI is InChI=1S/C9H6I2N2O3/c10-6-3-13(4-7(11)9(6)15)5-8(14)16-2-1-12/h3-4H,2,5H2. The van der Waals surface area contributed by atoms with Crippen molar-refractivity contribution in [2.75, 3.05) is 6.61 Å². The largest absolute Gasteiger partial charge is 0.449 e. The minimum Gasteiger partial charge on any atom is -0.449 e. The highest BCUT2D eigenvalue weighted by molar-refractivity contribution is 14.1. The van der Waals surface area contributed by atoms with Crippen LogP contribution < -0.4 is 5.43 Å². The molecule has 0 fully saturated rings. The van der Waals surface area contributed by atoms with Crippen LogP contribution in [-0.4, -0.2) is 17.1 Å². The first-order valence-electron chi connectivity index (χ1n) is 4.12. The fourth-order valence-electron chi connectivity index (χ4n) is 0.959. The van der Waals surface area contributed by atoms with Crippen molar-refractivity contribution in [2.45, 2.75) is 6.54 Å². The van der Waals surface area contributed by atoms with Gasteiger partial charge in [0.05, 0.1) is 7.14 Å². The van der Waals surface area contributed by atoms with E-state index in [4.69, 9.17) is 5.26 Å². The Kier molecular flexibility index (Phi) is 5.20. The van der Waals surface area contributed by atoms with Crippen LogP contribution in [0.25, 0.3) is 0 Å². The van der Waals surface area contributed by atoms with Crippen molar-refractivity contribution in [3.8, 4) is 6.07 Å². The van der Waals surface area contributed by atoms with Gasteiger partial charge in [0.15, 0.2) is 6.61 Å². The van der Waals surface area contributed by atoms with Crippen LogP contribution in [0, 0.1) is 18.5 Å². The molecule has 5 nitrogen and oxygen atoms in total. The quantitative estimate of drug-likeness (QED) is 0.518. The van der Waals surface area contributed by atoms with Gasteiger partial charge in [-0.15, -0.1) is 0 Å². The molecule has 0 unspecified atom stereocenters. The summed E-state index contributed by atoms with van der Waals surface area (Å²) in [6.07, 6.45) is 3.14. The van der Waals surface area contributed by atoms with Crippen LogP contribution in [-0.2, 0) is 16.1 Å². The predicted octanol–water partition coefficient (Wildman–Crippen LogP) is 1.12. The first-order valence-corrected chi connectivity index (χ1v) is 6.28. The van der Waals surface area contributed by atoms with Crippen molar-refractivity contribution >= 4 is 51.2 Å². The Bertz CT molecular complexity index is 478. The zero-order chi connectivity index (χ0) is 12.1. The molecule has 1 rings (SSSR count). The summed E-state index contributed by atoms with van der Waals surface area (Å²) < 4.78 is 7.24. The molecule has 0 aliphatic carbocycles. The summed E-state index contributed by atoms with van der Waals surface area (Å²) in [6, 6.07) is 1.71.